The molecule has 0 aromatic heterocycles. The molecular formula is C17H22INO4S. The summed E-state index contributed by atoms with van der Waals surface area (Å²) < 4.78 is 33.5. The number of esters is 1. The molecule has 1 aliphatic carbocycles. The monoisotopic (exact) mass is 463 g/mol. The fraction of sp³-hybridized carbons (Fsp3) is 0.471. The summed E-state index contributed by atoms with van der Waals surface area (Å²) >= 11 is 2.17. The molecule has 0 spiro atoms. The maximum atomic E-state index is 13.1. The lowest BCUT2D eigenvalue weighted by molar-refractivity contribution is -0.143. The highest BCUT2D eigenvalue weighted by atomic mass is 127. The van der Waals surface area contributed by atoms with Crippen LogP contribution in [-0.2, 0) is 19.6 Å². The van der Waals surface area contributed by atoms with Crippen LogP contribution in [0.5, 0.6) is 0 Å². The summed E-state index contributed by atoms with van der Waals surface area (Å²) in [6, 6.07) is 6.38. The minimum atomic E-state index is -3.78. The van der Waals surface area contributed by atoms with Crippen LogP contribution in [0.2, 0.25) is 0 Å². The number of hydrogen-bond acceptors (Lipinski definition) is 4. The zero-order valence-corrected chi connectivity index (χ0v) is 16.8. The Hall–Kier alpha value is -0.930. The number of allylic oxidation sites excluding steroid dienone is 1. The normalized spacial score (nSPS) is 18.3. The molecule has 132 valence electrons. The zero-order valence-electron chi connectivity index (χ0n) is 13.9. The molecule has 1 aromatic rings. The van der Waals surface area contributed by atoms with E-state index in [0.29, 0.717) is 6.42 Å². The van der Waals surface area contributed by atoms with E-state index in [2.05, 4.69) is 22.6 Å². The number of aryl methyl sites for hydroxylation is 1. The van der Waals surface area contributed by atoms with E-state index in [9.17, 15) is 13.2 Å². The number of halogens is 1. The van der Waals surface area contributed by atoms with Gasteiger partial charge in [0.2, 0.25) is 10.0 Å². The molecule has 5 nitrogen and oxygen atoms in total. The molecular weight excluding hydrogens is 441 g/mol. The van der Waals surface area contributed by atoms with Crippen LogP contribution in [-0.4, -0.2) is 37.9 Å². The molecule has 0 fully saturated rings. The van der Waals surface area contributed by atoms with Crippen LogP contribution in [0.4, 0.5) is 0 Å². The van der Waals surface area contributed by atoms with Crippen LogP contribution in [0.15, 0.2) is 38.8 Å². The van der Waals surface area contributed by atoms with Crippen molar-refractivity contribution in [3.05, 3.63) is 39.5 Å². The molecule has 7 heteroatoms. The van der Waals surface area contributed by atoms with Gasteiger partial charge in [0.25, 0.3) is 0 Å². The third-order valence-corrected chi connectivity index (χ3v) is 6.93. The largest absolute Gasteiger partial charge is 0.465 e. The van der Waals surface area contributed by atoms with Gasteiger partial charge in [-0.2, -0.15) is 4.31 Å². The molecule has 0 aliphatic heterocycles. The van der Waals surface area contributed by atoms with Gasteiger partial charge in [-0.05, 0) is 67.8 Å². The highest BCUT2D eigenvalue weighted by Gasteiger charge is 2.35. The third kappa shape index (κ3) is 4.58. The Labute approximate surface area is 157 Å². The number of benzene rings is 1. The quantitative estimate of drug-likeness (QED) is 0.479. The molecule has 0 heterocycles. The Balaban J connectivity index is 2.40. The maximum Gasteiger partial charge on any atom is 0.321 e. The second-order valence-electron chi connectivity index (χ2n) is 5.70. The van der Waals surface area contributed by atoms with Crippen molar-refractivity contribution in [3.63, 3.8) is 0 Å². The minimum absolute atomic E-state index is 0.201. The van der Waals surface area contributed by atoms with E-state index in [1.807, 2.05) is 13.0 Å². The van der Waals surface area contributed by atoms with Gasteiger partial charge in [-0.3, -0.25) is 4.79 Å². The first kappa shape index (κ1) is 19.4. The molecule has 0 saturated heterocycles. The fourth-order valence-corrected chi connectivity index (χ4v) is 5.38. The molecule has 0 N–H and O–H groups in total. The van der Waals surface area contributed by atoms with Crippen LogP contribution >= 0.6 is 22.6 Å². The summed E-state index contributed by atoms with van der Waals surface area (Å²) in [5.41, 5.74) is 0.984. The van der Waals surface area contributed by atoms with Crippen molar-refractivity contribution < 1.29 is 17.9 Å². The summed E-state index contributed by atoms with van der Waals surface area (Å²) in [6.07, 6.45) is 4.59. The molecule has 0 amide bonds. The zero-order chi connectivity index (χ0) is 17.7. The first-order chi connectivity index (χ1) is 11.4. The predicted octanol–water partition coefficient (Wildman–Crippen LogP) is 3.42. The maximum absolute atomic E-state index is 13.1. The number of carbonyl (C=O) groups is 1. The van der Waals surface area contributed by atoms with Gasteiger partial charge in [0, 0.05) is 3.58 Å². The minimum Gasteiger partial charge on any atom is -0.465 e. The van der Waals surface area contributed by atoms with Crippen LogP contribution in [0.25, 0.3) is 0 Å². The Kier molecular flexibility index (Phi) is 6.82. The molecule has 1 atom stereocenters. The average molecular weight is 463 g/mol. The van der Waals surface area contributed by atoms with Crippen LogP contribution < -0.4 is 0 Å². The van der Waals surface area contributed by atoms with E-state index in [-0.39, 0.29) is 24.1 Å². The summed E-state index contributed by atoms with van der Waals surface area (Å²) in [7, 11) is -3.78. The highest BCUT2D eigenvalue weighted by molar-refractivity contribution is 14.1. The molecule has 1 aliphatic rings. The summed E-state index contributed by atoms with van der Waals surface area (Å²) in [6.45, 7) is 3.57. The number of carbonyl (C=O) groups excluding carboxylic acids is 1. The van der Waals surface area contributed by atoms with Gasteiger partial charge in [-0.25, -0.2) is 8.42 Å². The van der Waals surface area contributed by atoms with Crippen LogP contribution in [0, 0.1) is 6.92 Å². The smallest absolute Gasteiger partial charge is 0.321 e. The van der Waals surface area contributed by atoms with Gasteiger partial charge < -0.3 is 4.74 Å². The first-order valence-electron chi connectivity index (χ1n) is 7.96. The van der Waals surface area contributed by atoms with Gasteiger partial charge in [0.15, 0.2) is 0 Å². The first-order valence-corrected chi connectivity index (χ1v) is 10.5. The van der Waals surface area contributed by atoms with E-state index in [0.717, 1.165) is 22.0 Å². The van der Waals surface area contributed by atoms with Gasteiger partial charge in [-0.15, -0.1) is 0 Å². The lowest BCUT2D eigenvalue weighted by Gasteiger charge is -2.32. The molecule has 2 rings (SSSR count). The fourth-order valence-electron chi connectivity index (χ4n) is 2.65. The Bertz CT molecular complexity index is 713. The molecule has 1 unspecified atom stereocenters. The molecule has 24 heavy (non-hydrogen) atoms. The van der Waals surface area contributed by atoms with Crippen molar-refractivity contribution in [2.24, 2.45) is 0 Å². The summed E-state index contributed by atoms with van der Waals surface area (Å²) in [5, 5.41) is 0. The third-order valence-electron chi connectivity index (χ3n) is 3.90. The van der Waals surface area contributed by atoms with Gasteiger partial charge in [0.1, 0.15) is 6.54 Å². The number of hydrogen-bond donors (Lipinski definition) is 0. The van der Waals surface area contributed by atoms with Crippen molar-refractivity contribution >= 4 is 38.6 Å². The number of rotatable bonds is 6. The lowest BCUT2D eigenvalue weighted by Crippen LogP contribution is -2.44. The highest BCUT2D eigenvalue weighted by Crippen LogP contribution is 2.32. The van der Waals surface area contributed by atoms with Crippen molar-refractivity contribution in [1.29, 1.82) is 0 Å². The Morgan fingerprint density at radius 1 is 1.33 bits per heavy atom. The Morgan fingerprint density at radius 3 is 2.58 bits per heavy atom. The number of ether oxygens (including phenoxy) is 1. The molecule has 0 bridgehead atoms. The second-order valence-corrected chi connectivity index (χ2v) is 8.84. The second kappa shape index (κ2) is 8.44. The lowest BCUT2D eigenvalue weighted by atomic mass is 10.0. The van der Waals surface area contributed by atoms with Crippen molar-refractivity contribution in [2.45, 2.75) is 44.0 Å². The molecule has 1 aromatic carbocycles. The van der Waals surface area contributed by atoms with Crippen molar-refractivity contribution in [1.82, 2.24) is 4.31 Å². The standard InChI is InChI=1S/C17H22INO4S/c1-3-23-17(20)12-19(16-7-5-4-6-15(16)18)24(21,22)14-10-8-13(2)9-11-14/h6,8-11,16H,3-5,7,12H2,1-2H3. The van der Waals surface area contributed by atoms with Crippen LogP contribution in [0.1, 0.15) is 31.7 Å². The Morgan fingerprint density at radius 2 is 2.00 bits per heavy atom. The number of nitrogens with zero attached hydrogens (tertiary/aromatic N) is 1. The van der Waals surface area contributed by atoms with E-state index >= 15 is 0 Å². The van der Waals surface area contributed by atoms with E-state index in [4.69, 9.17) is 4.74 Å². The summed E-state index contributed by atoms with van der Waals surface area (Å²) in [5.74, 6) is -0.525. The van der Waals surface area contributed by atoms with Gasteiger partial charge >= 0.3 is 5.97 Å². The number of sulfonamides is 1. The van der Waals surface area contributed by atoms with Crippen molar-refractivity contribution in [3.8, 4) is 0 Å². The van der Waals surface area contributed by atoms with E-state index in [1.54, 1.807) is 31.2 Å². The average Bonchev–Trinajstić information content (AvgIpc) is 2.54. The van der Waals surface area contributed by atoms with Gasteiger partial charge in [0.05, 0.1) is 17.5 Å². The van der Waals surface area contributed by atoms with Crippen LogP contribution in [0.3, 0.4) is 0 Å². The van der Waals surface area contributed by atoms with Crippen molar-refractivity contribution in [2.75, 3.05) is 13.2 Å². The predicted molar refractivity (Wildman–Crippen MR) is 101 cm³/mol. The topological polar surface area (TPSA) is 63.7 Å². The SMILES string of the molecule is CCOC(=O)CN(C1CCCC=C1I)S(=O)(=O)c1ccc(C)cc1. The van der Waals surface area contributed by atoms with E-state index < -0.39 is 16.0 Å². The van der Waals surface area contributed by atoms with Gasteiger partial charge in [-0.1, -0.05) is 23.8 Å². The molecule has 0 radical (unpaired) electrons. The van der Waals surface area contributed by atoms with E-state index in [1.165, 1.54) is 4.31 Å². The summed E-state index contributed by atoms with van der Waals surface area (Å²) in [4.78, 5) is 12.2. The molecule has 0 saturated carbocycles.